The Morgan fingerprint density at radius 1 is 1.18 bits per heavy atom. The van der Waals surface area contributed by atoms with Crippen molar-refractivity contribution in [2.45, 2.75) is 26.8 Å². The van der Waals surface area contributed by atoms with Gasteiger partial charge in [0.15, 0.2) is 16.3 Å². The highest BCUT2D eigenvalue weighted by Gasteiger charge is 2.36. The monoisotopic (exact) mass is 569 g/mol. The Morgan fingerprint density at radius 3 is 2.56 bits per heavy atom. The van der Waals surface area contributed by atoms with Gasteiger partial charge in [0.25, 0.3) is 11.5 Å². The molecular weight excluding hydrogens is 542 g/mol. The number of rotatable bonds is 7. The molecule has 0 bridgehead atoms. The first kappa shape index (κ1) is 26.8. The van der Waals surface area contributed by atoms with Crippen LogP contribution in [-0.4, -0.2) is 49.5 Å². The van der Waals surface area contributed by atoms with Gasteiger partial charge in [-0.15, -0.1) is 0 Å². The van der Waals surface area contributed by atoms with Crippen molar-refractivity contribution in [1.82, 2.24) is 9.47 Å². The van der Waals surface area contributed by atoms with Crippen molar-refractivity contribution in [3.8, 4) is 23.0 Å². The third-order valence-electron chi connectivity index (χ3n) is 6.81. The maximum absolute atomic E-state index is 14.0. The Kier molecular flexibility index (Phi) is 7.42. The summed E-state index contributed by atoms with van der Waals surface area (Å²) >= 11 is 7.73. The number of ether oxygens (including phenoxy) is 4. The van der Waals surface area contributed by atoms with Crippen LogP contribution in [-0.2, 0) is 4.79 Å². The molecule has 3 heterocycles. The number of halogens is 1. The van der Waals surface area contributed by atoms with Crippen LogP contribution in [0.1, 0.15) is 37.9 Å². The highest BCUT2D eigenvalue weighted by atomic mass is 35.5. The summed E-state index contributed by atoms with van der Waals surface area (Å²) in [6.07, 6.45) is 1.71. The smallest absolute Gasteiger partial charge is 0.271 e. The first-order valence-electron chi connectivity index (χ1n) is 12.4. The molecule has 2 aliphatic heterocycles. The van der Waals surface area contributed by atoms with Crippen molar-refractivity contribution < 1.29 is 23.7 Å². The van der Waals surface area contributed by atoms with E-state index in [1.54, 1.807) is 67.0 Å². The molecule has 0 unspecified atom stereocenters. The fraction of sp³-hybridized carbons (Fsp3) is 0.321. The average Bonchev–Trinajstić information content (AvgIpc) is 3.51. The maximum atomic E-state index is 14.0. The maximum Gasteiger partial charge on any atom is 0.271 e. The molecule has 2 aromatic carbocycles. The highest BCUT2D eigenvalue weighted by Crippen LogP contribution is 2.39. The van der Waals surface area contributed by atoms with Crippen molar-refractivity contribution in [2.75, 3.05) is 34.1 Å². The lowest BCUT2D eigenvalue weighted by Gasteiger charge is -2.30. The van der Waals surface area contributed by atoms with Crippen LogP contribution >= 0.6 is 22.9 Å². The fourth-order valence-corrected chi connectivity index (χ4v) is 6.05. The second-order valence-corrected chi connectivity index (χ2v) is 10.3. The average molecular weight is 570 g/mol. The van der Waals surface area contributed by atoms with E-state index >= 15 is 0 Å². The molecule has 1 aromatic heterocycles. The van der Waals surface area contributed by atoms with Gasteiger partial charge in [0.2, 0.25) is 6.79 Å². The number of carbonyl (C=O) groups is 1. The van der Waals surface area contributed by atoms with Crippen LogP contribution < -0.4 is 33.8 Å². The number of fused-ring (bicyclic) bond motifs is 2. The van der Waals surface area contributed by atoms with E-state index in [0.29, 0.717) is 72.8 Å². The number of allylic oxidation sites excluding steroid dienone is 1. The molecule has 3 aromatic rings. The van der Waals surface area contributed by atoms with Crippen LogP contribution in [0.3, 0.4) is 0 Å². The fourth-order valence-electron chi connectivity index (χ4n) is 4.81. The van der Waals surface area contributed by atoms with Crippen LogP contribution in [0.4, 0.5) is 0 Å². The predicted molar refractivity (Wildman–Crippen MR) is 149 cm³/mol. The molecule has 0 saturated heterocycles. The van der Waals surface area contributed by atoms with E-state index in [2.05, 4.69) is 0 Å². The summed E-state index contributed by atoms with van der Waals surface area (Å²) in [5.41, 5.74) is 1.87. The molecule has 0 fully saturated rings. The van der Waals surface area contributed by atoms with Crippen molar-refractivity contribution >= 4 is 34.9 Å². The lowest BCUT2D eigenvalue weighted by Crippen LogP contribution is -2.43. The third-order valence-corrected chi connectivity index (χ3v) is 8.12. The molecule has 0 spiro atoms. The van der Waals surface area contributed by atoms with Gasteiger partial charge in [-0.2, -0.15) is 0 Å². The molecule has 204 valence electrons. The summed E-state index contributed by atoms with van der Waals surface area (Å²) < 4.78 is 24.0. The first-order valence-corrected chi connectivity index (χ1v) is 13.6. The normalized spacial score (nSPS) is 16.2. The first-order chi connectivity index (χ1) is 18.8. The van der Waals surface area contributed by atoms with Crippen LogP contribution in [0.15, 0.2) is 51.4 Å². The van der Waals surface area contributed by atoms with Crippen LogP contribution in [0.5, 0.6) is 23.0 Å². The van der Waals surface area contributed by atoms with E-state index in [1.165, 1.54) is 11.3 Å². The number of hydrogen-bond donors (Lipinski definition) is 0. The third kappa shape index (κ3) is 4.68. The minimum atomic E-state index is -0.784. The molecule has 0 N–H and O–H groups in total. The van der Waals surface area contributed by atoms with E-state index in [4.69, 9.17) is 35.5 Å². The van der Waals surface area contributed by atoms with Crippen molar-refractivity contribution in [1.29, 1.82) is 0 Å². The number of aromatic nitrogens is 1. The second kappa shape index (κ2) is 10.8. The van der Waals surface area contributed by atoms with E-state index in [1.807, 2.05) is 13.8 Å². The zero-order valence-electron chi connectivity index (χ0n) is 22.2. The quantitative estimate of drug-likeness (QED) is 0.432. The van der Waals surface area contributed by atoms with Gasteiger partial charge in [0.1, 0.15) is 17.5 Å². The SMILES string of the molecule is CCN(CC)C(=O)C1=C(C)N=c2s/c(=C/c3cc4c(cc3Cl)OCO4)c(=O)n2[C@H]1c1cc(OC)ccc1OC. The zero-order chi connectivity index (χ0) is 27.8. The molecular formula is C28H28ClN3O6S. The molecule has 2 aliphatic rings. The highest BCUT2D eigenvalue weighted by molar-refractivity contribution is 7.07. The molecule has 0 saturated carbocycles. The van der Waals surface area contributed by atoms with Crippen molar-refractivity contribution in [3.63, 3.8) is 0 Å². The van der Waals surface area contributed by atoms with Gasteiger partial charge in [-0.25, -0.2) is 4.99 Å². The number of amides is 1. The van der Waals surface area contributed by atoms with Gasteiger partial charge < -0.3 is 23.8 Å². The van der Waals surface area contributed by atoms with Gasteiger partial charge in [0, 0.05) is 24.7 Å². The standard InChI is InChI=1S/C28H28ClN3O6S/c1-6-31(7-2)27(34)24-15(3)30-28-32(25(24)18-12-17(35-4)8-9-20(18)36-5)26(33)23(39-28)11-16-10-21-22(13-19(16)29)38-14-37-21/h8-13,25H,6-7,14H2,1-5H3/b23-11+/t25-/m0/s1. The molecule has 9 nitrogen and oxygen atoms in total. The Labute approximate surface area is 234 Å². The van der Waals surface area contributed by atoms with Crippen molar-refractivity contribution in [3.05, 3.63) is 77.4 Å². The van der Waals surface area contributed by atoms with E-state index in [9.17, 15) is 9.59 Å². The summed E-state index contributed by atoms with van der Waals surface area (Å²) in [7, 11) is 3.12. The van der Waals surface area contributed by atoms with Gasteiger partial charge in [0.05, 0.1) is 35.0 Å². The largest absolute Gasteiger partial charge is 0.497 e. The van der Waals surface area contributed by atoms with E-state index < -0.39 is 6.04 Å². The lowest BCUT2D eigenvalue weighted by molar-refractivity contribution is -0.127. The number of benzene rings is 2. The molecule has 1 atom stereocenters. The molecule has 1 amide bonds. The van der Waals surface area contributed by atoms with Crippen LogP contribution in [0.25, 0.3) is 6.08 Å². The number of thiazole rings is 1. The Morgan fingerprint density at radius 2 is 1.90 bits per heavy atom. The number of methoxy groups -OCH3 is 2. The number of hydrogen-bond acceptors (Lipinski definition) is 8. The topological polar surface area (TPSA) is 91.6 Å². The molecule has 0 radical (unpaired) electrons. The van der Waals surface area contributed by atoms with E-state index in [0.717, 1.165) is 0 Å². The molecule has 5 rings (SSSR count). The zero-order valence-corrected chi connectivity index (χ0v) is 23.8. The lowest BCUT2D eigenvalue weighted by atomic mass is 9.93. The predicted octanol–water partition coefficient (Wildman–Crippen LogP) is 3.50. The number of nitrogens with zero attached hydrogens (tertiary/aromatic N) is 3. The Balaban J connectivity index is 1.77. The summed E-state index contributed by atoms with van der Waals surface area (Å²) in [6.45, 7) is 6.78. The Bertz CT molecular complexity index is 1670. The van der Waals surface area contributed by atoms with Gasteiger partial charge in [-0.05, 0) is 56.7 Å². The minimum absolute atomic E-state index is 0.113. The van der Waals surface area contributed by atoms with Gasteiger partial charge in [-0.1, -0.05) is 22.9 Å². The molecule has 39 heavy (non-hydrogen) atoms. The molecule has 11 heteroatoms. The second-order valence-electron chi connectivity index (χ2n) is 8.89. The summed E-state index contributed by atoms with van der Waals surface area (Å²) in [5.74, 6) is 2.02. The summed E-state index contributed by atoms with van der Waals surface area (Å²) in [4.78, 5) is 34.8. The van der Waals surface area contributed by atoms with Gasteiger partial charge >= 0.3 is 0 Å². The summed E-state index contributed by atoms with van der Waals surface area (Å²) in [5, 5.41) is 0.421. The molecule has 0 aliphatic carbocycles. The minimum Gasteiger partial charge on any atom is -0.497 e. The van der Waals surface area contributed by atoms with Crippen LogP contribution in [0.2, 0.25) is 5.02 Å². The van der Waals surface area contributed by atoms with Crippen molar-refractivity contribution in [2.24, 2.45) is 4.99 Å². The summed E-state index contributed by atoms with van der Waals surface area (Å²) in [6, 6.07) is 7.97. The van der Waals surface area contributed by atoms with Crippen LogP contribution in [0, 0.1) is 0 Å². The Hall–Kier alpha value is -3.76. The number of carbonyl (C=O) groups excluding carboxylic acids is 1. The van der Waals surface area contributed by atoms with Gasteiger partial charge in [-0.3, -0.25) is 14.2 Å². The number of likely N-dealkylation sites (N-methyl/N-ethyl adjacent to an activating group) is 1. The van der Waals surface area contributed by atoms with E-state index in [-0.39, 0.29) is 18.3 Å².